The maximum Gasteiger partial charge on any atom is 0.428 e. The lowest BCUT2D eigenvalue weighted by molar-refractivity contribution is -0.231. The van der Waals surface area contributed by atoms with Gasteiger partial charge in [0, 0.05) is 17.1 Å². The molecule has 1 aromatic carbocycles. The summed E-state index contributed by atoms with van der Waals surface area (Å²) < 4.78 is 50.9. The molecule has 84 valence electrons. The first-order valence-corrected chi connectivity index (χ1v) is 4.41. The molecule has 0 heterocycles. The summed E-state index contributed by atoms with van der Waals surface area (Å²) in [7, 11) is 0. The van der Waals surface area contributed by atoms with Crippen molar-refractivity contribution in [1.29, 1.82) is 0 Å². The first-order chi connectivity index (χ1) is 6.81. The average molecular weight is 242 g/mol. The van der Waals surface area contributed by atoms with E-state index in [1.54, 1.807) is 0 Å². The highest BCUT2D eigenvalue weighted by molar-refractivity contribution is 6.30. The van der Waals surface area contributed by atoms with Crippen molar-refractivity contribution in [2.75, 3.05) is 6.54 Å². The minimum atomic E-state index is -5.05. The van der Waals surface area contributed by atoms with E-state index in [1.807, 2.05) is 0 Å². The summed E-state index contributed by atoms with van der Waals surface area (Å²) in [6, 6.07) is 4.53. The largest absolute Gasteiger partial charge is 0.428 e. The Balaban J connectivity index is 3.23. The molecule has 0 radical (unpaired) electrons. The summed E-state index contributed by atoms with van der Waals surface area (Å²) in [5.74, 6) is 0. The molecule has 1 atom stereocenters. The van der Waals surface area contributed by atoms with Crippen LogP contribution in [0, 0.1) is 0 Å². The Morgan fingerprint density at radius 1 is 1.20 bits per heavy atom. The zero-order valence-electron chi connectivity index (χ0n) is 7.48. The molecule has 1 unspecified atom stereocenters. The summed E-state index contributed by atoms with van der Waals surface area (Å²) in [6.45, 7) is -1.17. The van der Waals surface area contributed by atoms with E-state index in [1.165, 1.54) is 12.1 Å². The fourth-order valence-electron chi connectivity index (χ4n) is 1.13. The van der Waals surface area contributed by atoms with Crippen molar-refractivity contribution in [3.8, 4) is 0 Å². The van der Waals surface area contributed by atoms with Crippen LogP contribution >= 0.6 is 11.6 Å². The molecule has 0 saturated heterocycles. The van der Waals surface area contributed by atoms with Crippen LogP contribution in [-0.2, 0) is 5.67 Å². The number of halogens is 5. The van der Waals surface area contributed by atoms with E-state index in [-0.39, 0.29) is 5.02 Å². The monoisotopic (exact) mass is 241 g/mol. The van der Waals surface area contributed by atoms with Crippen LogP contribution in [0.15, 0.2) is 24.3 Å². The van der Waals surface area contributed by atoms with Crippen LogP contribution in [0.4, 0.5) is 17.6 Å². The third kappa shape index (κ3) is 2.23. The van der Waals surface area contributed by atoms with Gasteiger partial charge in [-0.2, -0.15) is 13.2 Å². The Morgan fingerprint density at radius 3 is 2.20 bits per heavy atom. The first-order valence-electron chi connectivity index (χ1n) is 4.03. The van der Waals surface area contributed by atoms with E-state index < -0.39 is 24.0 Å². The standard InChI is InChI=1S/C9H8ClF4N/c10-7-3-1-2-6(4-7)8(11,5-15)9(12,13)14/h1-4H,5,15H2. The van der Waals surface area contributed by atoms with Gasteiger partial charge in [0.05, 0.1) is 0 Å². The SMILES string of the molecule is NCC(F)(c1cccc(Cl)c1)C(F)(F)F. The van der Waals surface area contributed by atoms with Crippen LogP contribution in [0.2, 0.25) is 5.02 Å². The summed E-state index contributed by atoms with van der Waals surface area (Å²) in [6.07, 6.45) is -5.05. The summed E-state index contributed by atoms with van der Waals surface area (Å²) >= 11 is 5.48. The van der Waals surface area contributed by atoms with Crippen LogP contribution < -0.4 is 5.73 Å². The van der Waals surface area contributed by atoms with Crippen molar-refractivity contribution in [1.82, 2.24) is 0 Å². The Labute approximate surface area is 88.8 Å². The molecular weight excluding hydrogens is 234 g/mol. The lowest BCUT2D eigenvalue weighted by atomic mass is 9.95. The molecule has 0 saturated carbocycles. The van der Waals surface area contributed by atoms with Crippen molar-refractivity contribution < 1.29 is 17.6 Å². The maximum atomic E-state index is 13.6. The Morgan fingerprint density at radius 2 is 1.80 bits per heavy atom. The zero-order chi connectivity index (χ0) is 11.7. The maximum absolute atomic E-state index is 13.6. The average Bonchev–Trinajstić information content (AvgIpc) is 2.14. The van der Waals surface area contributed by atoms with E-state index in [4.69, 9.17) is 17.3 Å². The van der Waals surface area contributed by atoms with E-state index in [0.717, 1.165) is 12.1 Å². The van der Waals surface area contributed by atoms with Crippen LogP contribution in [-0.4, -0.2) is 12.7 Å². The van der Waals surface area contributed by atoms with Gasteiger partial charge in [-0.3, -0.25) is 0 Å². The molecule has 0 spiro atoms. The molecule has 1 nitrogen and oxygen atoms in total. The highest BCUT2D eigenvalue weighted by Crippen LogP contribution is 2.42. The number of hydrogen-bond donors (Lipinski definition) is 1. The Kier molecular flexibility index (Phi) is 3.25. The van der Waals surface area contributed by atoms with Gasteiger partial charge in [-0.05, 0) is 12.1 Å². The predicted octanol–water partition coefficient (Wildman–Crippen LogP) is 3.03. The fourth-order valence-corrected chi connectivity index (χ4v) is 1.32. The van der Waals surface area contributed by atoms with Gasteiger partial charge in [0.2, 0.25) is 5.67 Å². The van der Waals surface area contributed by atoms with Crippen molar-refractivity contribution in [2.24, 2.45) is 5.73 Å². The van der Waals surface area contributed by atoms with Crippen molar-refractivity contribution in [3.63, 3.8) is 0 Å². The molecule has 1 aromatic rings. The summed E-state index contributed by atoms with van der Waals surface area (Å²) in [4.78, 5) is 0. The lowest BCUT2D eigenvalue weighted by Crippen LogP contribution is -2.44. The van der Waals surface area contributed by atoms with E-state index in [2.05, 4.69) is 0 Å². The molecule has 0 aliphatic carbocycles. The van der Waals surface area contributed by atoms with E-state index in [9.17, 15) is 17.6 Å². The molecule has 0 aromatic heterocycles. The smallest absolute Gasteiger partial charge is 0.327 e. The van der Waals surface area contributed by atoms with Gasteiger partial charge in [0.15, 0.2) is 0 Å². The second-order valence-electron chi connectivity index (χ2n) is 3.01. The number of alkyl halides is 4. The molecule has 0 aliphatic heterocycles. The summed E-state index contributed by atoms with van der Waals surface area (Å²) in [5.41, 5.74) is 0.715. The van der Waals surface area contributed by atoms with Crippen LogP contribution in [0.25, 0.3) is 0 Å². The molecule has 6 heteroatoms. The number of benzene rings is 1. The summed E-state index contributed by atoms with van der Waals surface area (Å²) in [5, 5.41) is 0.0345. The molecule has 0 amide bonds. The number of nitrogens with two attached hydrogens (primary N) is 1. The van der Waals surface area contributed by atoms with Gasteiger partial charge in [0.25, 0.3) is 0 Å². The molecule has 15 heavy (non-hydrogen) atoms. The highest BCUT2D eigenvalue weighted by atomic mass is 35.5. The van der Waals surface area contributed by atoms with Gasteiger partial charge in [-0.1, -0.05) is 23.7 Å². The highest BCUT2D eigenvalue weighted by Gasteiger charge is 2.56. The third-order valence-electron chi connectivity index (χ3n) is 2.01. The predicted molar refractivity (Wildman–Crippen MR) is 49.3 cm³/mol. The number of hydrogen-bond acceptors (Lipinski definition) is 1. The Bertz CT molecular complexity index is 352. The molecule has 0 fully saturated rings. The van der Waals surface area contributed by atoms with E-state index in [0.29, 0.717) is 0 Å². The van der Waals surface area contributed by atoms with Crippen LogP contribution in [0.1, 0.15) is 5.56 Å². The van der Waals surface area contributed by atoms with E-state index >= 15 is 0 Å². The quantitative estimate of drug-likeness (QED) is 0.792. The normalized spacial score (nSPS) is 16.1. The van der Waals surface area contributed by atoms with Crippen molar-refractivity contribution in [3.05, 3.63) is 34.9 Å². The van der Waals surface area contributed by atoms with Gasteiger partial charge >= 0.3 is 6.18 Å². The Hall–Kier alpha value is -0.810. The van der Waals surface area contributed by atoms with Gasteiger partial charge in [0.1, 0.15) is 0 Å². The minimum Gasteiger partial charge on any atom is -0.327 e. The molecule has 0 bridgehead atoms. The number of rotatable bonds is 2. The minimum absolute atomic E-state index is 0.0345. The molecule has 0 aliphatic rings. The van der Waals surface area contributed by atoms with Gasteiger partial charge < -0.3 is 5.73 Å². The van der Waals surface area contributed by atoms with Crippen LogP contribution in [0.3, 0.4) is 0 Å². The molecule has 2 N–H and O–H groups in total. The second-order valence-corrected chi connectivity index (χ2v) is 3.45. The fraction of sp³-hybridized carbons (Fsp3) is 0.333. The van der Waals surface area contributed by atoms with Crippen molar-refractivity contribution in [2.45, 2.75) is 11.8 Å². The van der Waals surface area contributed by atoms with Gasteiger partial charge in [-0.25, -0.2) is 4.39 Å². The molecule has 1 rings (SSSR count). The molecular formula is C9H8ClF4N. The van der Waals surface area contributed by atoms with Gasteiger partial charge in [-0.15, -0.1) is 0 Å². The second kappa shape index (κ2) is 3.98. The van der Waals surface area contributed by atoms with Crippen molar-refractivity contribution >= 4 is 11.6 Å². The van der Waals surface area contributed by atoms with Crippen LogP contribution in [0.5, 0.6) is 0 Å². The topological polar surface area (TPSA) is 26.0 Å². The zero-order valence-corrected chi connectivity index (χ0v) is 8.24. The third-order valence-corrected chi connectivity index (χ3v) is 2.25. The lowest BCUT2D eigenvalue weighted by Gasteiger charge is -2.26. The first kappa shape index (κ1) is 12.3.